The van der Waals surface area contributed by atoms with Crippen molar-refractivity contribution in [3.63, 3.8) is 0 Å². The number of rotatable bonds is 1. The number of allylic oxidation sites excluding steroid dienone is 6. The summed E-state index contributed by atoms with van der Waals surface area (Å²) in [6.07, 6.45) is 15.9. The maximum absolute atomic E-state index is 2.57. The van der Waals surface area contributed by atoms with Crippen molar-refractivity contribution >= 4 is 22.6 Å². The van der Waals surface area contributed by atoms with Crippen LogP contribution in [0.1, 0.15) is 39.0 Å². The van der Waals surface area contributed by atoms with Gasteiger partial charge in [-0.25, -0.2) is 0 Å². The Kier molecular flexibility index (Phi) is 3.15. The Morgan fingerprint density at radius 2 is 2.21 bits per heavy atom. The number of alkyl halides is 1. The normalized spacial score (nSPS) is 32.4. The zero-order valence-corrected chi connectivity index (χ0v) is 10.9. The maximum Gasteiger partial charge on any atom is 0.0378 e. The van der Waals surface area contributed by atoms with E-state index < -0.39 is 0 Å². The molecule has 0 aliphatic heterocycles. The fourth-order valence-corrected chi connectivity index (χ4v) is 2.97. The molecule has 1 atom stereocenters. The molecule has 2 aliphatic rings. The predicted molar refractivity (Wildman–Crippen MR) is 70.8 cm³/mol. The Labute approximate surface area is 100 Å². The van der Waals surface area contributed by atoms with E-state index in [2.05, 4.69) is 53.8 Å². The largest absolute Gasteiger partial charge is 0.0836 e. The molecule has 0 radical (unpaired) electrons. The van der Waals surface area contributed by atoms with Crippen LogP contribution in [-0.2, 0) is 0 Å². The van der Waals surface area contributed by atoms with Gasteiger partial charge in [0.2, 0.25) is 0 Å². The van der Waals surface area contributed by atoms with Crippen LogP contribution in [0, 0.1) is 0 Å². The third kappa shape index (κ3) is 2.50. The molecule has 0 nitrogen and oxygen atoms in total. The van der Waals surface area contributed by atoms with E-state index in [1.54, 1.807) is 5.57 Å². The average Bonchev–Trinajstić information content (AvgIpc) is 2.18. The molecule has 0 N–H and O–H groups in total. The van der Waals surface area contributed by atoms with Crippen molar-refractivity contribution in [1.29, 1.82) is 0 Å². The van der Waals surface area contributed by atoms with Gasteiger partial charge in [-0.05, 0) is 50.2 Å². The van der Waals surface area contributed by atoms with E-state index in [0.29, 0.717) is 3.42 Å². The molecule has 14 heavy (non-hydrogen) atoms. The second-order valence-electron chi connectivity index (χ2n) is 4.44. The predicted octanol–water partition coefficient (Wildman–Crippen LogP) is 4.57. The minimum atomic E-state index is 0.386. The van der Waals surface area contributed by atoms with E-state index >= 15 is 0 Å². The maximum atomic E-state index is 2.57. The lowest BCUT2D eigenvalue weighted by Gasteiger charge is -2.26. The molecule has 1 heteroatoms. The van der Waals surface area contributed by atoms with Crippen molar-refractivity contribution in [2.45, 2.75) is 42.4 Å². The van der Waals surface area contributed by atoms with E-state index in [0.717, 1.165) is 0 Å². The molecule has 0 aromatic heterocycles. The lowest BCUT2D eigenvalue weighted by Crippen LogP contribution is -2.17. The molecule has 0 bridgehead atoms. The number of halogens is 1. The lowest BCUT2D eigenvalue weighted by molar-refractivity contribution is 0.630. The minimum absolute atomic E-state index is 0.386. The Balaban J connectivity index is 2.21. The van der Waals surface area contributed by atoms with Crippen LogP contribution in [0.3, 0.4) is 0 Å². The van der Waals surface area contributed by atoms with Crippen LogP contribution >= 0.6 is 22.6 Å². The first-order chi connectivity index (χ1) is 6.67. The van der Waals surface area contributed by atoms with Gasteiger partial charge >= 0.3 is 0 Å². The third-order valence-corrected chi connectivity index (χ3v) is 3.80. The van der Waals surface area contributed by atoms with Crippen LogP contribution in [0.15, 0.2) is 35.5 Å². The zero-order valence-electron chi connectivity index (χ0n) is 8.72. The van der Waals surface area contributed by atoms with E-state index in [9.17, 15) is 0 Å². The summed E-state index contributed by atoms with van der Waals surface area (Å²) < 4.78 is 0.386. The molecule has 0 amide bonds. The van der Waals surface area contributed by atoms with E-state index in [1.165, 1.54) is 37.7 Å². The molecule has 0 aromatic carbocycles. The Morgan fingerprint density at radius 1 is 1.36 bits per heavy atom. The minimum Gasteiger partial charge on any atom is -0.0836 e. The van der Waals surface area contributed by atoms with Gasteiger partial charge in [-0.15, -0.1) is 0 Å². The molecule has 0 spiro atoms. The Morgan fingerprint density at radius 3 is 2.86 bits per heavy atom. The molecule has 0 unspecified atom stereocenters. The third-order valence-electron chi connectivity index (χ3n) is 2.95. The standard InChI is InChI=1S/C13H17I/c1-13(14)9-5-8-12(10-13)11-6-3-2-4-7-11/h3,6-7,10H,2,4-5,8-9H2,1H3/t13-/m0/s1. The van der Waals surface area contributed by atoms with Crippen LogP contribution in [-0.4, -0.2) is 3.42 Å². The van der Waals surface area contributed by atoms with E-state index in [1.807, 2.05) is 0 Å². The molecular formula is C13H17I. The first-order valence-corrected chi connectivity index (χ1v) is 6.53. The molecule has 0 fully saturated rings. The smallest absolute Gasteiger partial charge is 0.0378 e. The SMILES string of the molecule is C[C@@]1(I)C=C(C2=CCCC=C2)CCC1. The second-order valence-corrected chi connectivity index (χ2v) is 6.90. The van der Waals surface area contributed by atoms with Crippen LogP contribution in [0.25, 0.3) is 0 Å². The van der Waals surface area contributed by atoms with Crippen molar-refractivity contribution in [2.24, 2.45) is 0 Å². The van der Waals surface area contributed by atoms with Crippen molar-refractivity contribution in [3.8, 4) is 0 Å². The Hall–Kier alpha value is -0.0500. The second kappa shape index (κ2) is 4.21. The molecule has 76 valence electrons. The molecule has 0 saturated heterocycles. The van der Waals surface area contributed by atoms with Gasteiger partial charge in [0.15, 0.2) is 0 Å². The van der Waals surface area contributed by atoms with Gasteiger partial charge in [0, 0.05) is 3.42 Å². The summed E-state index contributed by atoms with van der Waals surface area (Å²) in [6, 6.07) is 0. The highest BCUT2D eigenvalue weighted by Gasteiger charge is 2.23. The summed E-state index contributed by atoms with van der Waals surface area (Å²) in [5.74, 6) is 0. The summed E-state index contributed by atoms with van der Waals surface area (Å²) >= 11 is 2.57. The monoisotopic (exact) mass is 300 g/mol. The van der Waals surface area contributed by atoms with Crippen LogP contribution in [0.4, 0.5) is 0 Å². The summed E-state index contributed by atoms with van der Waals surface area (Å²) in [4.78, 5) is 0. The quantitative estimate of drug-likeness (QED) is 0.491. The van der Waals surface area contributed by atoms with Gasteiger partial charge in [0.05, 0.1) is 0 Å². The highest BCUT2D eigenvalue weighted by atomic mass is 127. The van der Waals surface area contributed by atoms with Gasteiger partial charge in [0.1, 0.15) is 0 Å². The van der Waals surface area contributed by atoms with Crippen LogP contribution < -0.4 is 0 Å². The van der Waals surface area contributed by atoms with Crippen molar-refractivity contribution in [2.75, 3.05) is 0 Å². The number of hydrogen-bond acceptors (Lipinski definition) is 0. The Bertz CT molecular complexity index is 305. The molecule has 0 heterocycles. The van der Waals surface area contributed by atoms with Crippen LogP contribution in [0.2, 0.25) is 0 Å². The van der Waals surface area contributed by atoms with Crippen molar-refractivity contribution < 1.29 is 0 Å². The molecule has 2 rings (SSSR count). The summed E-state index contributed by atoms with van der Waals surface area (Å²) in [6.45, 7) is 2.33. The van der Waals surface area contributed by atoms with Gasteiger partial charge < -0.3 is 0 Å². The summed E-state index contributed by atoms with van der Waals surface area (Å²) in [7, 11) is 0. The van der Waals surface area contributed by atoms with E-state index in [4.69, 9.17) is 0 Å². The average molecular weight is 300 g/mol. The van der Waals surface area contributed by atoms with Crippen molar-refractivity contribution in [3.05, 3.63) is 35.5 Å². The fourth-order valence-electron chi connectivity index (χ4n) is 2.21. The zero-order chi connectivity index (χ0) is 10.0. The topological polar surface area (TPSA) is 0 Å². The lowest BCUT2D eigenvalue weighted by atomic mass is 9.86. The van der Waals surface area contributed by atoms with Crippen LogP contribution in [0.5, 0.6) is 0 Å². The molecule has 2 aliphatic carbocycles. The van der Waals surface area contributed by atoms with Gasteiger partial charge in [-0.1, -0.05) is 46.9 Å². The van der Waals surface area contributed by atoms with E-state index in [-0.39, 0.29) is 0 Å². The fraction of sp³-hybridized carbons (Fsp3) is 0.538. The number of hydrogen-bond donors (Lipinski definition) is 0. The van der Waals surface area contributed by atoms with Gasteiger partial charge in [0.25, 0.3) is 0 Å². The summed E-state index contributed by atoms with van der Waals surface area (Å²) in [5, 5.41) is 0. The molecule has 0 aromatic rings. The first kappa shape index (κ1) is 10.5. The highest BCUT2D eigenvalue weighted by Crippen LogP contribution is 2.37. The molecule has 0 saturated carbocycles. The van der Waals surface area contributed by atoms with Gasteiger partial charge in [-0.2, -0.15) is 0 Å². The molecular weight excluding hydrogens is 283 g/mol. The first-order valence-electron chi connectivity index (χ1n) is 5.45. The van der Waals surface area contributed by atoms with Crippen molar-refractivity contribution in [1.82, 2.24) is 0 Å². The summed E-state index contributed by atoms with van der Waals surface area (Å²) in [5.41, 5.74) is 3.06. The van der Waals surface area contributed by atoms with Gasteiger partial charge in [-0.3, -0.25) is 0 Å². The highest BCUT2D eigenvalue weighted by molar-refractivity contribution is 14.1.